The van der Waals surface area contributed by atoms with E-state index in [1.807, 2.05) is 37.3 Å². The van der Waals surface area contributed by atoms with E-state index in [0.717, 1.165) is 29.5 Å². The van der Waals surface area contributed by atoms with Gasteiger partial charge in [0.25, 0.3) is 0 Å². The molecule has 0 amide bonds. The van der Waals surface area contributed by atoms with Crippen molar-refractivity contribution in [1.82, 2.24) is 0 Å². The molecule has 2 rings (SSSR count). The average molecular weight is 397 g/mol. The van der Waals surface area contributed by atoms with E-state index < -0.39 is 0 Å². The van der Waals surface area contributed by atoms with Crippen LogP contribution >= 0.6 is 0 Å². The zero-order chi connectivity index (χ0) is 21.8. The zero-order valence-corrected chi connectivity index (χ0v) is 19.0. The molecule has 0 aromatic heterocycles. The highest BCUT2D eigenvalue weighted by atomic mass is 16.5. The number of hydrogen-bond acceptors (Lipinski definition) is 3. The van der Waals surface area contributed by atoms with Gasteiger partial charge < -0.3 is 9.84 Å². The van der Waals surface area contributed by atoms with Crippen LogP contribution in [0.2, 0.25) is 0 Å². The third-order valence-electron chi connectivity index (χ3n) is 5.29. The van der Waals surface area contributed by atoms with Crippen molar-refractivity contribution < 1.29 is 14.6 Å². The van der Waals surface area contributed by atoms with Crippen molar-refractivity contribution in [2.75, 3.05) is 6.61 Å². The Balaban J connectivity index is 2.04. The van der Waals surface area contributed by atoms with Gasteiger partial charge >= 0.3 is 5.97 Å². The van der Waals surface area contributed by atoms with E-state index >= 15 is 0 Å². The number of phenolic OH excluding ortho intramolecular Hbond substituents is 1. The number of hydrogen-bond donors (Lipinski definition) is 1. The van der Waals surface area contributed by atoms with Crippen LogP contribution in [-0.4, -0.2) is 17.7 Å². The summed E-state index contributed by atoms with van der Waals surface area (Å²) in [6, 6.07) is 13.9. The Bertz CT molecular complexity index is 788. The molecule has 158 valence electrons. The number of ether oxygens (including phenoxy) is 1. The highest BCUT2D eigenvalue weighted by Crippen LogP contribution is 2.40. The first-order valence-corrected chi connectivity index (χ1v) is 10.5. The van der Waals surface area contributed by atoms with Crippen molar-refractivity contribution in [2.45, 2.75) is 78.1 Å². The van der Waals surface area contributed by atoms with E-state index in [-0.39, 0.29) is 22.7 Å². The molecule has 0 bridgehead atoms. The van der Waals surface area contributed by atoms with Crippen LogP contribution in [0.15, 0.2) is 42.5 Å². The lowest BCUT2D eigenvalue weighted by atomic mass is 9.78. The molecular formula is C26H36O3. The Morgan fingerprint density at radius 3 is 1.97 bits per heavy atom. The third-order valence-corrected chi connectivity index (χ3v) is 5.29. The molecule has 3 nitrogen and oxygen atoms in total. The van der Waals surface area contributed by atoms with Gasteiger partial charge in [0.15, 0.2) is 0 Å². The first-order chi connectivity index (χ1) is 13.4. The molecule has 2 aromatic carbocycles. The van der Waals surface area contributed by atoms with Crippen LogP contribution in [0.25, 0.3) is 0 Å². The van der Waals surface area contributed by atoms with Gasteiger partial charge in [0.2, 0.25) is 0 Å². The first kappa shape index (κ1) is 23.0. The molecule has 29 heavy (non-hydrogen) atoms. The summed E-state index contributed by atoms with van der Waals surface area (Å²) in [6.45, 7) is 15.0. The van der Waals surface area contributed by atoms with Gasteiger partial charge in [-0.25, -0.2) is 0 Å². The lowest BCUT2D eigenvalue weighted by Gasteiger charge is -2.28. The monoisotopic (exact) mass is 396 g/mol. The van der Waals surface area contributed by atoms with Crippen LogP contribution in [0, 0.1) is 0 Å². The summed E-state index contributed by atoms with van der Waals surface area (Å²) in [5.74, 6) is -0.0469. The van der Waals surface area contributed by atoms with E-state index in [0.29, 0.717) is 12.4 Å². The van der Waals surface area contributed by atoms with Crippen molar-refractivity contribution in [1.29, 1.82) is 0 Å². The van der Waals surface area contributed by atoms with E-state index in [4.69, 9.17) is 4.74 Å². The largest absolute Gasteiger partial charge is 0.507 e. The van der Waals surface area contributed by atoms with Crippen molar-refractivity contribution in [3.8, 4) is 5.75 Å². The summed E-state index contributed by atoms with van der Waals surface area (Å²) in [4.78, 5) is 12.3. The number of phenols is 1. The smallest absolute Gasteiger partial charge is 0.313 e. The van der Waals surface area contributed by atoms with Gasteiger partial charge in [-0.15, -0.1) is 0 Å². The summed E-state index contributed by atoms with van der Waals surface area (Å²) in [5, 5.41) is 10.8. The Morgan fingerprint density at radius 2 is 1.48 bits per heavy atom. The SMILES string of the molecule is CC(C(=O)OCCCc1cc(C(C)(C)C)c(O)c(C(C)(C)C)c1)c1ccccc1. The van der Waals surface area contributed by atoms with Gasteiger partial charge in [-0.05, 0) is 52.8 Å². The van der Waals surface area contributed by atoms with Crippen LogP contribution in [0.1, 0.15) is 83.1 Å². The van der Waals surface area contributed by atoms with E-state index in [2.05, 4.69) is 53.7 Å². The second-order valence-corrected chi connectivity index (χ2v) is 9.94. The molecule has 3 heteroatoms. The third kappa shape index (κ3) is 6.09. The molecule has 2 aromatic rings. The number of carbonyl (C=O) groups is 1. The van der Waals surface area contributed by atoms with Gasteiger partial charge in [-0.1, -0.05) is 84.0 Å². The molecule has 0 aliphatic carbocycles. The van der Waals surface area contributed by atoms with E-state index in [1.54, 1.807) is 0 Å². The molecule has 0 spiro atoms. The van der Waals surface area contributed by atoms with Gasteiger partial charge in [0.05, 0.1) is 12.5 Å². The van der Waals surface area contributed by atoms with Gasteiger partial charge in [0, 0.05) is 0 Å². The summed E-state index contributed by atoms with van der Waals surface area (Å²) in [7, 11) is 0. The van der Waals surface area contributed by atoms with Crippen molar-refractivity contribution in [3.63, 3.8) is 0 Å². The maximum atomic E-state index is 12.3. The lowest BCUT2D eigenvalue weighted by Crippen LogP contribution is -2.18. The number of aromatic hydroxyl groups is 1. The minimum absolute atomic E-state index is 0.141. The molecule has 0 heterocycles. The Kier molecular flexibility index (Phi) is 7.15. The number of carbonyl (C=O) groups excluding carboxylic acids is 1. The van der Waals surface area contributed by atoms with Crippen LogP contribution < -0.4 is 0 Å². The summed E-state index contributed by atoms with van der Waals surface area (Å²) >= 11 is 0. The Morgan fingerprint density at radius 1 is 0.966 bits per heavy atom. The van der Waals surface area contributed by atoms with Gasteiger partial charge in [-0.2, -0.15) is 0 Å². The van der Waals surface area contributed by atoms with Crippen molar-refractivity contribution >= 4 is 5.97 Å². The zero-order valence-electron chi connectivity index (χ0n) is 19.0. The lowest BCUT2D eigenvalue weighted by molar-refractivity contribution is -0.145. The number of rotatable bonds is 6. The molecule has 1 atom stereocenters. The fourth-order valence-corrected chi connectivity index (χ4v) is 3.43. The second-order valence-electron chi connectivity index (χ2n) is 9.94. The number of benzene rings is 2. The maximum Gasteiger partial charge on any atom is 0.313 e. The molecule has 0 saturated heterocycles. The van der Waals surface area contributed by atoms with E-state index in [1.165, 1.54) is 5.56 Å². The second kappa shape index (κ2) is 9.02. The number of aryl methyl sites for hydroxylation is 1. The minimum Gasteiger partial charge on any atom is -0.507 e. The molecular weight excluding hydrogens is 360 g/mol. The molecule has 0 aliphatic rings. The Hall–Kier alpha value is -2.29. The van der Waals surface area contributed by atoms with Gasteiger partial charge in [0.1, 0.15) is 5.75 Å². The van der Waals surface area contributed by atoms with Crippen LogP contribution in [0.4, 0.5) is 0 Å². The highest BCUT2D eigenvalue weighted by molar-refractivity contribution is 5.77. The van der Waals surface area contributed by atoms with Crippen molar-refractivity contribution in [3.05, 3.63) is 64.7 Å². The minimum atomic E-state index is -0.259. The molecule has 0 fully saturated rings. The predicted molar refractivity (Wildman–Crippen MR) is 120 cm³/mol. The fourth-order valence-electron chi connectivity index (χ4n) is 3.43. The van der Waals surface area contributed by atoms with E-state index in [9.17, 15) is 9.90 Å². The van der Waals surface area contributed by atoms with Gasteiger partial charge in [-0.3, -0.25) is 4.79 Å². The molecule has 0 saturated carbocycles. The quantitative estimate of drug-likeness (QED) is 0.462. The maximum absolute atomic E-state index is 12.3. The predicted octanol–water partition coefficient (Wildman–Crippen LogP) is 6.27. The summed E-state index contributed by atoms with van der Waals surface area (Å²) < 4.78 is 5.51. The normalized spacial score (nSPS) is 13.2. The molecule has 1 N–H and O–H groups in total. The van der Waals surface area contributed by atoms with Crippen LogP contribution in [0.5, 0.6) is 5.75 Å². The van der Waals surface area contributed by atoms with Crippen molar-refractivity contribution in [2.24, 2.45) is 0 Å². The fraction of sp³-hybridized carbons (Fsp3) is 0.500. The number of esters is 1. The topological polar surface area (TPSA) is 46.5 Å². The average Bonchev–Trinajstić information content (AvgIpc) is 2.64. The van der Waals surface area contributed by atoms with Crippen LogP contribution in [-0.2, 0) is 26.8 Å². The molecule has 1 unspecified atom stereocenters. The highest BCUT2D eigenvalue weighted by Gasteiger charge is 2.26. The summed E-state index contributed by atoms with van der Waals surface area (Å²) in [6.07, 6.45) is 1.56. The van der Waals surface area contributed by atoms with Crippen LogP contribution in [0.3, 0.4) is 0 Å². The molecule has 0 radical (unpaired) electrons. The molecule has 0 aliphatic heterocycles. The Labute approximate surface area is 176 Å². The first-order valence-electron chi connectivity index (χ1n) is 10.5. The summed E-state index contributed by atoms with van der Waals surface area (Å²) in [5.41, 5.74) is 3.80. The standard InChI is InChI=1S/C26H36O3/c1-18(20-13-9-8-10-14-20)24(28)29-15-11-12-19-16-21(25(2,3)4)23(27)22(17-19)26(5,6)7/h8-10,13-14,16-18,27H,11-12,15H2,1-7H3.